The van der Waals surface area contributed by atoms with E-state index in [2.05, 4.69) is 26.6 Å². The van der Waals surface area contributed by atoms with Crippen LogP contribution in [0.4, 0.5) is 5.95 Å². The summed E-state index contributed by atoms with van der Waals surface area (Å²) >= 11 is 0. The van der Waals surface area contributed by atoms with Crippen molar-refractivity contribution in [2.75, 3.05) is 19.1 Å². The number of rotatable bonds is 5. The smallest absolute Gasteiger partial charge is 0.408 e. The molecular weight excluding hydrogens is 455 g/mol. The number of nitrogens with one attached hydrogen (secondary N) is 2. The van der Waals surface area contributed by atoms with E-state index in [9.17, 15) is 14.2 Å². The maximum atomic E-state index is 13.1. The largest absolute Gasteiger partial charge is 0.462 e. The first-order valence-corrected chi connectivity index (χ1v) is 12.0. The van der Waals surface area contributed by atoms with Gasteiger partial charge in [-0.3, -0.25) is 23.6 Å². The van der Waals surface area contributed by atoms with Gasteiger partial charge in [-0.2, -0.15) is 4.98 Å². The van der Waals surface area contributed by atoms with E-state index in [1.165, 1.54) is 13.3 Å². The van der Waals surface area contributed by atoms with Crippen LogP contribution in [-0.4, -0.2) is 57.1 Å². The SMILES string of the molecule is C=C1[C@@H]2COP(=O)(N[C@@H](C)C(=O)OC(C)C)OCO[C@@H]2C[C@@H]1n1cnc2c(=O)[nH]c(N)nc21. The Labute approximate surface area is 189 Å². The second-order valence-corrected chi connectivity index (χ2v) is 10.1. The molecule has 0 spiro atoms. The number of nitrogens with two attached hydrogens (primary N) is 1. The third-order valence-electron chi connectivity index (χ3n) is 5.58. The van der Waals surface area contributed by atoms with Crippen LogP contribution in [0.3, 0.4) is 0 Å². The van der Waals surface area contributed by atoms with Gasteiger partial charge in [0.25, 0.3) is 5.56 Å². The number of carbonyl (C=O) groups is 1. The van der Waals surface area contributed by atoms with E-state index in [1.807, 2.05) is 0 Å². The van der Waals surface area contributed by atoms with Crippen LogP contribution in [0.1, 0.15) is 33.2 Å². The van der Waals surface area contributed by atoms with Gasteiger partial charge in [-0.25, -0.2) is 14.6 Å². The molecule has 180 valence electrons. The van der Waals surface area contributed by atoms with Gasteiger partial charge in [-0.15, -0.1) is 0 Å². The minimum Gasteiger partial charge on any atom is -0.462 e. The normalized spacial score (nSPS) is 29.0. The lowest BCUT2D eigenvalue weighted by Crippen LogP contribution is -2.37. The highest BCUT2D eigenvalue weighted by atomic mass is 31.2. The van der Waals surface area contributed by atoms with Gasteiger partial charge in [-0.1, -0.05) is 6.58 Å². The first-order valence-electron chi connectivity index (χ1n) is 10.5. The Bertz CT molecular complexity index is 1180. The van der Waals surface area contributed by atoms with Crippen LogP contribution in [0.2, 0.25) is 0 Å². The summed E-state index contributed by atoms with van der Waals surface area (Å²) in [6.45, 7) is 8.81. The molecule has 1 aliphatic carbocycles. The van der Waals surface area contributed by atoms with E-state index in [-0.39, 0.29) is 49.0 Å². The molecule has 33 heavy (non-hydrogen) atoms. The van der Waals surface area contributed by atoms with E-state index in [1.54, 1.807) is 18.4 Å². The van der Waals surface area contributed by atoms with E-state index in [0.29, 0.717) is 12.1 Å². The molecule has 13 nitrogen and oxygen atoms in total. The summed E-state index contributed by atoms with van der Waals surface area (Å²) in [6.07, 6.45) is 1.35. The van der Waals surface area contributed by atoms with Crippen molar-refractivity contribution in [3.8, 4) is 0 Å². The average molecular weight is 482 g/mol. The molecule has 0 bridgehead atoms. The number of carbonyl (C=O) groups excluding carboxylic acids is 1. The average Bonchev–Trinajstić information content (AvgIpc) is 3.25. The van der Waals surface area contributed by atoms with Crippen LogP contribution in [0, 0.1) is 5.92 Å². The molecule has 1 saturated heterocycles. The number of hydrogen-bond donors (Lipinski definition) is 3. The molecule has 2 aromatic rings. The first-order chi connectivity index (χ1) is 15.6. The van der Waals surface area contributed by atoms with Crippen LogP contribution in [0.5, 0.6) is 0 Å². The summed E-state index contributed by atoms with van der Waals surface area (Å²) in [5.74, 6) is -0.912. The molecule has 1 aliphatic heterocycles. The zero-order valence-corrected chi connectivity index (χ0v) is 19.4. The Balaban J connectivity index is 1.50. The van der Waals surface area contributed by atoms with Crippen molar-refractivity contribution < 1.29 is 27.9 Å². The molecule has 4 N–H and O–H groups in total. The van der Waals surface area contributed by atoms with Gasteiger partial charge in [0.05, 0.1) is 31.2 Å². The zero-order valence-electron chi connectivity index (χ0n) is 18.5. The maximum absolute atomic E-state index is 13.1. The number of hydrogen-bond acceptors (Lipinski definition) is 10. The molecule has 1 saturated carbocycles. The second kappa shape index (κ2) is 8.99. The molecule has 2 fully saturated rings. The Morgan fingerprint density at radius 3 is 2.91 bits per heavy atom. The third-order valence-corrected chi connectivity index (χ3v) is 7.22. The van der Waals surface area contributed by atoms with Crippen LogP contribution in [0.15, 0.2) is 23.3 Å². The third kappa shape index (κ3) is 4.73. The van der Waals surface area contributed by atoms with Crippen LogP contribution < -0.4 is 16.4 Å². The molecule has 3 heterocycles. The van der Waals surface area contributed by atoms with E-state index in [0.717, 1.165) is 5.57 Å². The lowest BCUT2D eigenvalue weighted by molar-refractivity contribution is -0.149. The summed E-state index contributed by atoms with van der Waals surface area (Å²) in [7, 11) is -3.86. The Hall–Kier alpha value is -2.57. The fraction of sp³-hybridized carbons (Fsp3) is 0.579. The highest BCUT2D eigenvalue weighted by Gasteiger charge is 2.44. The molecule has 0 aromatic carbocycles. The molecule has 2 aromatic heterocycles. The van der Waals surface area contributed by atoms with E-state index in [4.69, 9.17) is 24.3 Å². The fourth-order valence-corrected chi connectivity index (χ4v) is 5.35. The Morgan fingerprint density at radius 2 is 2.18 bits per heavy atom. The van der Waals surface area contributed by atoms with Gasteiger partial charge in [-0.05, 0) is 32.8 Å². The minimum absolute atomic E-state index is 0.0149. The van der Waals surface area contributed by atoms with Crippen molar-refractivity contribution in [3.63, 3.8) is 0 Å². The van der Waals surface area contributed by atoms with Gasteiger partial charge in [0.1, 0.15) is 6.04 Å². The lowest BCUT2D eigenvalue weighted by atomic mass is 10.0. The van der Waals surface area contributed by atoms with E-state index >= 15 is 0 Å². The number of esters is 1. The monoisotopic (exact) mass is 482 g/mol. The highest BCUT2D eigenvalue weighted by molar-refractivity contribution is 7.51. The molecule has 14 heteroatoms. The molecule has 0 amide bonds. The Kier molecular flexibility index (Phi) is 6.43. The summed E-state index contributed by atoms with van der Waals surface area (Å²) in [5.41, 5.74) is 6.50. The van der Waals surface area contributed by atoms with Gasteiger partial charge < -0.3 is 19.8 Å². The fourth-order valence-electron chi connectivity index (χ4n) is 3.99. The van der Waals surface area contributed by atoms with Crippen LogP contribution in [0.25, 0.3) is 11.2 Å². The van der Waals surface area contributed by atoms with Gasteiger partial charge in [0.2, 0.25) is 5.95 Å². The van der Waals surface area contributed by atoms with E-state index < -0.39 is 25.3 Å². The highest BCUT2D eigenvalue weighted by Crippen LogP contribution is 2.50. The number of H-pyrrole nitrogens is 1. The lowest BCUT2D eigenvalue weighted by Gasteiger charge is -2.29. The number of aromatic nitrogens is 4. The number of fused-ring (bicyclic) bond motifs is 2. The summed E-state index contributed by atoms with van der Waals surface area (Å²) in [4.78, 5) is 35.0. The molecule has 4 rings (SSSR count). The summed E-state index contributed by atoms with van der Waals surface area (Å²) in [5, 5.41) is 2.59. The number of ether oxygens (including phenoxy) is 2. The minimum atomic E-state index is -3.86. The van der Waals surface area contributed by atoms with Gasteiger partial charge in [0.15, 0.2) is 18.0 Å². The van der Waals surface area contributed by atoms with Gasteiger partial charge in [0, 0.05) is 5.92 Å². The van der Waals surface area contributed by atoms with Crippen molar-refractivity contribution in [3.05, 3.63) is 28.8 Å². The summed E-state index contributed by atoms with van der Waals surface area (Å²) in [6, 6.07) is -1.22. The van der Waals surface area contributed by atoms with Crippen molar-refractivity contribution in [1.82, 2.24) is 24.6 Å². The number of imidazole rings is 1. The quantitative estimate of drug-likeness (QED) is 0.318. The second-order valence-electron chi connectivity index (χ2n) is 8.29. The van der Waals surface area contributed by atoms with Crippen LogP contribution in [-0.2, 0) is 27.9 Å². The molecular formula is C19H27N6O7P. The molecule has 0 radical (unpaired) electrons. The predicted molar refractivity (Wildman–Crippen MR) is 117 cm³/mol. The molecule has 2 aliphatic rings. The zero-order chi connectivity index (χ0) is 23.9. The topological polar surface area (TPSA) is 173 Å². The summed E-state index contributed by atoms with van der Waals surface area (Å²) < 4.78 is 36.8. The standard InChI is InChI=1S/C19H27N6O7P/c1-9(2)32-18(27)11(4)24-33(28)30-6-12-10(3)13(5-14(12)29-8-31-33)25-7-21-15-16(25)22-19(20)23-17(15)26/h7,9,11-14H,3,5-6,8H2,1-2,4H3,(H,24,28)(H3,20,22,23,26)/t11-,12-,13-,14+,33?/m0/s1. The predicted octanol–water partition coefficient (Wildman–Crippen LogP) is 1.25. The van der Waals surface area contributed by atoms with Crippen molar-refractivity contribution in [2.24, 2.45) is 5.92 Å². The number of anilines is 1. The van der Waals surface area contributed by atoms with Crippen molar-refractivity contribution >= 4 is 30.8 Å². The molecule has 5 atom stereocenters. The number of aromatic amines is 1. The van der Waals surface area contributed by atoms with Crippen LogP contribution >= 0.6 is 7.75 Å². The number of nitrogens with zero attached hydrogens (tertiary/aromatic N) is 3. The Morgan fingerprint density at radius 1 is 1.42 bits per heavy atom. The van der Waals surface area contributed by atoms with Crippen molar-refractivity contribution in [2.45, 2.75) is 51.5 Å². The maximum Gasteiger partial charge on any atom is 0.408 e. The first kappa shape index (κ1) is 23.6. The van der Waals surface area contributed by atoms with Crippen molar-refractivity contribution in [1.29, 1.82) is 0 Å². The van der Waals surface area contributed by atoms with Gasteiger partial charge >= 0.3 is 13.7 Å². The number of nitrogen functional groups attached to an aromatic ring is 1. The molecule has 1 unspecified atom stereocenters.